The second kappa shape index (κ2) is 9.91. The first-order valence-electron chi connectivity index (χ1n) is 11.5. The molecule has 0 aliphatic carbocycles. The molecule has 0 fully saturated rings. The van der Waals surface area contributed by atoms with Crippen molar-refractivity contribution in [3.8, 4) is 5.75 Å². The molecule has 1 atom stereocenters. The number of ether oxygens (including phenoxy) is 1. The fourth-order valence-electron chi connectivity index (χ4n) is 3.87. The van der Waals surface area contributed by atoms with Crippen LogP contribution in [0.4, 0.5) is 4.39 Å². The molecule has 1 aliphatic heterocycles. The number of halogens is 2. The van der Waals surface area contributed by atoms with E-state index in [0.29, 0.717) is 35.0 Å². The van der Waals surface area contributed by atoms with Gasteiger partial charge in [0.2, 0.25) is 5.95 Å². The molecule has 0 saturated carbocycles. The van der Waals surface area contributed by atoms with Crippen molar-refractivity contribution in [2.75, 3.05) is 6.54 Å². The summed E-state index contributed by atoms with van der Waals surface area (Å²) in [6.45, 7) is 9.26. The minimum absolute atomic E-state index is 0.0349. The predicted molar refractivity (Wildman–Crippen MR) is 136 cm³/mol. The third kappa shape index (κ3) is 5.22. The summed E-state index contributed by atoms with van der Waals surface area (Å²) in [5.41, 5.74) is 2.03. The van der Waals surface area contributed by atoms with Gasteiger partial charge in [-0.1, -0.05) is 24.6 Å². The first-order valence-corrected chi connectivity index (χ1v) is 11.8. The Labute approximate surface area is 213 Å². The molecule has 188 valence electrons. The van der Waals surface area contributed by atoms with Crippen molar-refractivity contribution in [2.24, 2.45) is 10.9 Å². The Balaban J connectivity index is 1.71. The van der Waals surface area contributed by atoms with E-state index in [0.717, 1.165) is 5.56 Å². The number of aromatic nitrogens is 4. The molecule has 4 rings (SSSR count). The molecule has 8 nitrogen and oxygen atoms in total. The van der Waals surface area contributed by atoms with Gasteiger partial charge in [0.1, 0.15) is 23.0 Å². The van der Waals surface area contributed by atoms with Crippen molar-refractivity contribution >= 4 is 23.0 Å². The van der Waals surface area contributed by atoms with Crippen LogP contribution in [-0.4, -0.2) is 36.9 Å². The normalized spacial score (nSPS) is 15.9. The van der Waals surface area contributed by atoms with Crippen LogP contribution in [0.15, 0.2) is 46.3 Å². The lowest BCUT2D eigenvalue weighted by molar-refractivity contribution is 0.0686. The summed E-state index contributed by atoms with van der Waals surface area (Å²) in [4.78, 5) is 30.6. The SMILES string of the molecule is Cc1cnc(C(C)(C)O)nc1C1=NC[C@@H](C)C(n2c(C)cc(OCc3cccc(F)n3)c(Cl)c2=O)=C1. The number of nitrogens with zero attached hydrogens (tertiary/aromatic N) is 5. The quantitative estimate of drug-likeness (QED) is 0.497. The number of allylic oxidation sites excluding steroid dienone is 1. The lowest BCUT2D eigenvalue weighted by Gasteiger charge is -2.24. The van der Waals surface area contributed by atoms with Crippen molar-refractivity contribution in [1.82, 2.24) is 19.5 Å². The molecule has 3 aromatic rings. The van der Waals surface area contributed by atoms with E-state index in [2.05, 4.69) is 19.9 Å². The topological polar surface area (TPSA) is 102 Å². The number of dihydropyridines is 1. The maximum Gasteiger partial charge on any atom is 0.277 e. The Morgan fingerprint density at radius 1 is 1.28 bits per heavy atom. The number of aryl methyl sites for hydroxylation is 2. The summed E-state index contributed by atoms with van der Waals surface area (Å²) < 4.78 is 20.6. The largest absolute Gasteiger partial charge is 0.485 e. The van der Waals surface area contributed by atoms with E-state index in [1.54, 1.807) is 43.7 Å². The summed E-state index contributed by atoms with van der Waals surface area (Å²) in [6, 6.07) is 6.07. The lowest BCUT2D eigenvalue weighted by Crippen LogP contribution is -2.29. The van der Waals surface area contributed by atoms with Gasteiger partial charge in [0, 0.05) is 36.1 Å². The van der Waals surface area contributed by atoms with Gasteiger partial charge < -0.3 is 9.84 Å². The van der Waals surface area contributed by atoms with Gasteiger partial charge in [-0.15, -0.1) is 0 Å². The first-order chi connectivity index (χ1) is 17.0. The van der Waals surface area contributed by atoms with Crippen LogP contribution in [0.25, 0.3) is 5.70 Å². The van der Waals surface area contributed by atoms with Crippen LogP contribution in [0.5, 0.6) is 5.75 Å². The molecule has 1 aliphatic rings. The smallest absolute Gasteiger partial charge is 0.277 e. The van der Waals surface area contributed by atoms with Crippen molar-refractivity contribution in [1.29, 1.82) is 0 Å². The first kappa shape index (κ1) is 25.7. The van der Waals surface area contributed by atoms with Crippen LogP contribution in [-0.2, 0) is 12.2 Å². The molecule has 0 radical (unpaired) electrons. The number of pyridine rings is 2. The summed E-state index contributed by atoms with van der Waals surface area (Å²) in [7, 11) is 0. The van der Waals surface area contributed by atoms with Crippen LogP contribution in [0.2, 0.25) is 5.02 Å². The highest BCUT2D eigenvalue weighted by Crippen LogP contribution is 2.29. The molecular formula is C26H27ClFN5O3. The number of aliphatic hydroxyl groups is 1. The molecule has 0 unspecified atom stereocenters. The second-order valence-corrected chi connectivity index (χ2v) is 9.70. The number of aliphatic imine (C=N–C) groups is 1. The second-order valence-electron chi connectivity index (χ2n) is 9.33. The lowest BCUT2D eigenvalue weighted by atomic mass is 9.99. The summed E-state index contributed by atoms with van der Waals surface area (Å²) in [6.07, 6.45) is 3.47. The third-order valence-electron chi connectivity index (χ3n) is 5.79. The monoisotopic (exact) mass is 511 g/mol. The third-order valence-corrected chi connectivity index (χ3v) is 6.14. The molecule has 0 amide bonds. The highest BCUT2D eigenvalue weighted by molar-refractivity contribution is 6.31. The molecule has 3 aromatic heterocycles. The molecule has 0 aromatic carbocycles. The van der Waals surface area contributed by atoms with E-state index in [1.807, 2.05) is 19.9 Å². The number of hydrogen-bond acceptors (Lipinski definition) is 7. The van der Waals surface area contributed by atoms with Gasteiger partial charge in [0.05, 0.1) is 17.1 Å². The standard InChI is InChI=1S/C26H27ClFN5O3/c1-14-11-29-18(23-15(2)12-30-25(32-23)26(4,5)35)10-19(14)33-16(3)9-20(22(27)24(33)34)36-13-17-7-6-8-21(28)31-17/h6-10,12,14,35H,11,13H2,1-5H3/t14-/m1/s1. The van der Waals surface area contributed by atoms with E-state index in [4.69, 9.17) is 16.3 Å². The van der Waals surface area contributed by atoms with Crippen molar-refractivity contribution < 1.29 is 14.2 Å². The average molecular weight is 512 g/mol. The molecule has 0 bridgehead atoms. The Kier molecular flexibility index (Phi) is 7.06. The van der Waals surface area contributed by atoms with E-state index < -0.39 is 17.1 Å². The van der Waals surface area contributed by atoms with Crippen molar-refractivity contribution in [3.05, 3.63) is 86.3 Å². The molecule has 10 heteroatoms. The predicted octanol–water partition coefficient (Wildman–Crippen LogP) is 4.23. The zero-order chi connectivity index (χ0) is 26.2. The minimum Gasteiger partial charge on any atom is -0.485 e. The van der Waals surface area contributed by atoms with Gasteiger partial charge in [-0.25, -0.2) is 15.0 Å². The highest BCUT2D eigenvalue weighted by atomic mass is 35.5. The summed E-state index contributed by atoms with van der Waals surface area (Å²) >= 11 is 6.43. The van der Waals surface area contributed by atoms with Gasteiger partial charge >= 0.3 is 0 Å². The average Bonchev–Trinajstić information content (AvgIpc) is 2.81. The highest BCUT2D eigenvalue weighted by Gasteiger charge is 2.26. The van der Waals surface area contributed by atoms with E-state index >= 15 is 0 Å². The summed E-state index contributed by atoms with van der Waals surface area (Å²) in [5, 5.41) is 10.3. The Bertz CT molecular complexity index is 1440. The zero-order valence-electron chi connectivity index (χ0n) is 20.7. The zero-order valence-corrected chi connectivity index (χ0v) is 21.5. The Hall–Kier alpha value is -3.43. The Morgan fingerprint density at radius 2 is 2.03 bits per heavy atom. The van der Waals surface area contributed by atoms with E-state index in [9.17, 15) is 14.3 Å². The van der Waals surface area contributed by atoms with Gasteiger partial charge in [-0.3, -0.25) is 14.4 Å². The van der Waals surface area contributed by atoms with E-state index in [1.165, 1.54) is 12.1 Å². The maximum atomic E-state index is 13.4. The van der Waals surface area contributed by atoms with Gasteiger partial charge in [-0.05, 0) is 51.5 Å². The van der Waals surface area contributed by atoms with Gasteiger partial charge in [0.15, 0.2) is 5.82 Å². The molecule has 0 saturated heterocycles. The molecule has 0 spiro atoms. The van der Waals surface area contributed by atoms with Gasteiger partial charge in [-0.2, -0.15) is 4.39 Å². The molecule has 1 N–H and O–H groups in total. The van der Waals surface area contributed by atoms with Crippen molar-refractivity contribution in [3.63, 3.8) is 0 Å². The molecular weight excluding hydrogens is 485 g/mol. The molecule has 36 heavy (non-hydrogen) atoms. The van der Waals surface area contributed by atoms with Gasteiger partial charge in [0.25, 0.3) is 5.56 Å². The fourth-order valence-corrected chi connectivity index (χ4v) is 4.06. The van der Waals surface area contributed by atoms with Crippen LogP contribution in [0.1, 0.15) is 49.2 Å². The molecule has 4 heterocycles. The Morgan fingerprint density at radius 3 is 2.72 bits per heavy atom. The fraction of sp³-hybridized carbons (Fsp3) is 0.346. The summed E-state index contributed by atoms with van der Waals surface area (Å²) in [5.74, 6) is -0.204. The van der Waals surface area contributed by atoms with Crippen molar-refractivity contribution in [2.45, 2.75) is 46.8 Å². The van der Waals surface area contributed by atoms with Crippen LogP contribution >= 0.6 is 11.6 Å². The van der Waals surface area contributed by atoms with Crippen LogP contribution < -0.4 is 10.3 Å². The number of hydrogen-bond donors (Lipinski definition) is 1. The number of rotatable bonds is 6. The van der Waals surface area contributed by atoms with Crippen LogP contribution in [0, 0.1) is 25.7 Å². The van der Waals surface area contributed by atoms with Crippen LogP contribution in [0.3, 0.4) is 0 Å². The maximum absolute atomic E-state index is 13.4. The minimum atomic E-state index is -1.21. The van der Waals surface area contributed by atoms with E-state index in [-0.39, 0.29) is 29.1 Å².